The van der Waals surface area contributed by atoms with Crippen LogP contribution in [0.25, 0.3) is 20.2 Å². The molecule has 0 spiro atoms. The molecule has 0 saturated heterocycles. The van der Waals surface area contributed by atoms with Gasteiger partial charge >= 0.3 is 5.97 Å². The van der Waals surface area contributed by atoms with Gasteiger partial charge in [0.15, 0.2) is 5.43 Å². The van der Waals surface area contributed by atoms with Crippen LogP contribution < -0.4 is 5.43 Å². The third-order valence-corrected chi connectivity index (χ3v) is 4.52. The predicted molar refractivity (Wildman–Crippen MR) is 87.7 cm³/mol. The highest BCUT2D eigenvalue weighted by molar-refractivity contribution is 7.24. The third kappa shape index (κ3) is 2.61. The van der Waals surface area contributed by atoms with Crippen molar-refractivity contribution in [1.29, 1.82) is 0 Å². The van der Waals surface area contributed by atoms with Crippen LogP contribution in [-0.2, 0) is 4.74 Å². The highest BCUT2D eigenvalue weighted by Gasteiger charge is 2.11. The minimum Gasteiger partial charge on any atom is -0.460 e. The Hall–Kier alpha value is -2.24. The van der Waals surface area contributed by atoms with Crippen molar-refractivity contribution in [3.05, 3.63) is 57.7 Å². The highest BCUT2D eigenvalue weighted by atomic mass is 32.1. The Morgan fingerprint density at radius 1 is 1.14 bits per heavy atom. The zero-order chi connectivity index (χ0) is 15.7. The molecule has 3 rings (SSSR count). The van der Waals surface area contributed by atoms with Crippen molar-refractivity contribution in [2.24, 2.45) is 0 Å². The van der Waals surface area contributed by atoms with Crippen molar-refractivity contribution in [1.82, 2.24) is 0 Å². The van der Waals surface area contributed by atoms with Gasteiger partial charge in [-0.25, -0.2) is 4.79 Å². The van der Waals surface area contributed by atoms with Crippen LogP contribution in [0.15, 0.2) is 41.2 Å². The molecule has 1 aromatic heterocycles. The zero-order valence-corrected chi connectivity index (χ0v) is 12.8. The van der Waals surface area contributed by atoms with Gasteiger partial charge in [0.2, 0.25) is 0 Å². The summed E-state index contributed by atoms with van der Waals surface area (Å²) in [5, 5.41) is 10.00. The molecule has 1 heterocycles. The lowest BCUT2D eigenvalue weighted by Crippen LogP contribution is -2.09. The molecule has 0 amide bonds. The number of aryl methyl sites for hydroxylation is 1. The number of aliphatic hydroxyl groups is 1. The Balaban J connectivity index is 2.17. The fourth-order valence-electron chi connectivity index (χ4n) is 2.32. The monoisotopic (exact) mass is 314 g/mol. The van der Waals surface area contributed by atoms with E-state index in [9.17, 15) is 9.59 Å². The van der Waals surface area contributed by atoms with Crippen molar-refractivity contribution in [3.63, 3.8) is 0 Å². The predicted octanol–water partition coefficient (Wildman–Crippen LogP) is 2.87. The summed E-state index contributed by atoms with van der Waals surface area (Å²) in [6.45, 7) is 1.70. The van der Waals surface area contributed by atoms with Gasteiger partial charge in [-0.15, -0.1) is 11.3 Å². The largest absolute Gasteiger partial charge is 0.460 e. The summed E-state index contributed by atoms with van der Waals surface area (Å²) in [5.41, 5.74) is 1.39. The molecule has 0 saturated carbocycles. The summed E-state index contributed by atoms with van der Waals surface area (Å²) in [6, 6.07) is 10.7. The van der Waals surface area contributed by atoms with E-state index in [0.29, 0.717) is 16.3 Å². The molecular weight excluding hydrogens is 300 g/mol. The first-order chi connectivity index (χ1) is 10.6. The maximum atomic E-state index is 12.6. The highest BCUT2D eigenvalue weighted by Crippen LogP contribution is 2.26. The third-order valence-electron chi connectivity index (χ3n) is 3.39. The molecule has 2 aromatic carbocycles. The molecule has 112 valence electrons. The van der Waals surface area contributed by atoms with E-state index in [1.54, 1.807) is 18.2 Å². The number of hydrogen-bond acceptors (Lipinski definition) is 5. The molecule has 1 N–H and O–H groups in total. The number of esters is 1. The molecule has 3 aromatic rings. The molecule has 4 nitrogen and oxygen atoms in total. The Morgan fingerprint density at radius 3 is 2.73 bits per heavy atom. The fraction of sp³-hybridized carbons (Fsp3) is 0.176. The molecule has 0 unspecified atom stereocenters. The van der Waals surface area contributed by atoms with E-state index < -0.39 is 5.97 Å². The Morgan fingerprint density at radius 2 is 1.95 bits per heavy atom. The van der Waals surface area contributed by atoms with E-state index in [4.69, 9.17) is 9.84 Å². The standard InChI is InChI=1S/C17H14O4S/c1-10-2-5-14-13(8-10)16(19)12-4-3-11(9-15(12)22-14)17(20)21-7-6-18/h2-5,8-9,18H,6-7H2,1H3. The van der Waals surface area contributed by atoms with E-state index in [1.807, 2.05) is 25.1 Å². The van der Waals surface area contributed by atoms with E-state index in [2.05, 4.69) is 0 Å². The Kier molecular flexibility index (Phi) is 3.92. The van der Waals surface area contributed by atoms with E-state index in [0.717, 1.165) is 15.0 Å². The van der Waals surface area contributed by atoms with Crippen LogP contribution in [0.3, 0.4) is 0 Å². The smallest absolute Gasteiger partial charge is 0.338 e. The number of benzene rings is 2. The van der Waals surface area contributed by atoms with Gasteiger partial charge < -0.3 is 9.84 Å². The number of fused-ring (bicyclic) bond motifs is 2. The molecule has 0 aliphatic rings. The number of ether oxygens (including phenoxy) is 1. The quantitative estimate of drug-likeness (QED) is 0.596. The molecule has 0 radical (unpaired) electrons. The van der Waals surface area contributed by atoms with Crippen LogP contribution >= 0.6 is 11.3 Å². The van der Waals surface area contributed by atoms with Crippen LogP contribution in [0.5, 0.6) is 0 Å². The summed E-state index contributed by atoms with van der Waals surface area (Å²) < 4.78 is 6.54. The summed E-state index contributed by atoms with van der Waals surface area (Å²) >= 11 is 1.47. The summed E-state index contributed by atoms with van der Waals surface area (Å²) in [5.74, 6) is -0.500. The lowest BCUT2D eigenvalue weighted by Gasteiger charge is -2.05. The van der Waals surface area contributed by atoms with Gasteiger partial charge in [-0.3, -0.25) is 4.79 Å². The van der Waals surface area contributed by atoms with Crippen molar-refractivity contribution in [3.8, 4) is 0 Å². The van der Waals surface area contributed by atoms with Crippen LogP contribution in [0.4, 0.5) is 0 Å². The van der Waals surface area contributed by atoms with Gasteiger partial charge in [0.1, 0.15) is 6.61 Å². The maximum absolute atomic E-state index is 12.6. The number of hydrogen-bond donors (Lipinski definition) is 1. The van der Waals surface area contributed by atoms with E-state index in [-0.39, 0.29) is 18.6 Å². The van der Waals surface area contributed by atoms with Gasteiger partial charge in [0.25, 0.3) is 0 Å². The normalized spacial score (nSPS) is 11.0. The maximum Gasteiger partial charge on any atom is 0.338 e. The minimum atomic E-state index is -0.500. The second-order valence-corrected chi connectivity index (χ2v) is 6.09. The Labute approximate surface area is 130 Å². The van der Waals surface area contributed by atoms with Crippen molar-refractivity contribution in [2.75, 3.05) is 13.2 Å². The Bertz CT molecular complexity index is 927. The first-order valence-electron chi connectivity index (χ1n) is 6.85. The summed E-state index contributed by atoms with van der Waals surface area (Å²) in [4.78, 5) is 24.4. The van der Waals surface area contributed by atoms with Crippen molar-refractivity contribution in [2.45, 2.75) is 6.92 Å². The fourth-order valence-corrected chi connectivity index (χ4v) is 3.41. The number of aliphatic hydroxyl groups excluding tert-OH is 1. The average molecular weight is 314 g/mol. The molecular formula is C17H14O4S. The molecule has 0 bridgehead atoms. The first-order valence-corrected chi connectivity index (χ1v) is 7.67. The van der Waals surface area contributed by atoms with Gasteiger partial charge in [0, 0.05) is 20.2 Å². The van der Waals surface area contributed by atoms with Crippen LogP contribution in [0.2, 0.25) is 0 Å². The van der Waals surface area contributed by atoms with Gasteiger partial charge in [-0.2, -0.15) is 0 Å². The molecule has 0 aliphatic heterocycles. The van der Waals surface area contributed by atoms with Crippen LogP contribution in [-0.4, -0.2) is 24.3 Å². The van der Waals surface area contributed by atoms with Crippen molar-refractivity contribution >= 4 is 37.5 Å². The molecule has 0 aliphatic carbocycles. The van der Waals surface area contributed by atoms with Crippen LogP contribution in [0, 0.1) is 6.92 Å². The van der Waals surface area contributed by atoms with Gasteiger partial charge in [-0.05, 0) is 37.3 Å². The van der Waals surface area contributed by atoms with E-state index in [1.165, 1.54) is 11.3 Å². The van der Waals surface area contributed by atoms with E-state index >= 15 is 0 Å². The lowest BCUT2D eigenvalue weighted by molar-refractivity contribution is 0.0434. The number of carbonyl (C=O) groups excluding carboxylic acids is 1. The van der Waals surface area contributed by atoms with Crippen molar-refractivity contribution < 1.29 is 14.6 Å². The van der Waals surface area contributed by atoms with Gasteiger partial charge in [0.05, 0.1) is 12.2 Å². The second kappa shape index (κ2) is 5.87. The van der Waals surface area contributed by atoms with Crippen LogP contribution in [0.1, 0.15) is 15.9 Å². The molecule has 5 heteroatoms. The molecule has 0 atom stereocenters. The molecule has 22 heavy (non-hydrogen) atoms. The number of carbonyl (C=O) groups is 1. The second-order valence-electron chi connectivity index (χ2n) is 5.00. The first kappa shape index (κ1) is 14.7. The SMILES string of the molecule is Cc1ccc2sc3cc(C(=O)OCCO)ccc3c(=O)c2c1. The molecule has 0 fully saturated rings. The lowest BCUT2D eigenvalue weighted by atomic mass is 10.1. The zero-order valence-electron chi connectivity index (χ0n) is 12.0. The summed E-state index contributed by atoms with van der Waals surface area (Å²) in [6.07, 6.45) is 0. The minimum absolute atomic E-state index is 0.0253. The topological polar surface area (TPSA) is 63.6 Å². The number of rotatable bonds is 3. The van der Waals surface area contributed by atoms with Gasteiger partial charge in [-0.1, -0.05) is 11.6 Å². The average Bonchev–Trinajstić information content (AvgIpc) is 2.53. The summed E-state index contributed by atoms with van der Waals surface area (Å²) in [7, 11) is 0.